The first-order chi connectivity index (χ1) is 11.7. The molecule has 0 bridgehead atoms. The fourth-order valence-electron chi connectivity index (χ4n) is 1.71. The van der Waals surface area contributed by atoms with Crippen molar-refractivity contribution in [3.8, 4) is 5.88 Å². The summed E-state index contributed by atoms with van der Waals surface area (Å²) in [6.07, 6.45) is -2.65. The number of pyridine rings is 2. The third-order valence-corrected chi connectivity index (χ3v) is 4.09. The Morgan fingerprint density at radius 2 is 2.08 bits per heavy atom. The second kappa shape index (κ2) is 7.91. The van der Waals surface area contributed by atoms with Crippen molar-refractivity contribution in [2.45, 2.75) is 18.0 Å². The minimum Gasteiger partial charge on any atom is -0.478 e. The highest BCUT2D eigenvalue weighted by Gasteiger charge is 2.33. The molecule has 0 aromatic carbocycles. The minimum absolute atomic E-state index is 0.108. The number of thioether (sulfide) groups is 1. The van der Waals surface area contributed by atoms with Crippen LogP contribution in [-0.4, -0.2) is 26.8 Å². The maximum absolute atomic E-state index is 12.8. The monoisotopic (exact) mass is 437 g/mol. The highest BCUT2D eigenvalue weighted by atomic mass is 79.9. The summed E-state index contributed by atoms with van der Waals surface area (Å²) in [7, 11) is 0. The number of aromatic nitrogens is 2. The summed E-state index contributed by atoms with van der Waals surface area (Å²) >= 11 is 4.66. The molecule has 0 aliphatic carbocycles. The largest absolute Gasteiger partial charge is 0.478 e. The summed E-state index contributed by atoms with van der Waals surface area (Å²) in [6, 6.07) is 2.29. The lowest BCUT2D eigenvalue weighted by atomic mass is 10.2. The van der Waals surface area contributed by atoms with Crippen LogP contribution in [0.5, 0.6) is 5.88 Å². The third-order valence-electron chi connectivity index (χ3n) is 2.77. The van der Waals surface area contributed by atoms with Crippen LogP contribution in [-0.2, 0) is 6.18 Å². The van der Waals surface area contributed by atoms with Crippen molar-refractivity contribution >= 4 is 39.3 Å². The van der Waals surface area contributed by atoms with Gasteiger partial charge in [0.05, 0.1) is 10.6 Å². The molecule has 134 valence electrons. The fourth-order valence-corrected chi connectivity index (χ4v) is 2.93. The molecule has 0 saturated heterocycles. The summed E-state index contributed by atoms with van der Waals surface area (Å²) in [6.45, 7) is 1.91. The molecule has 2 heterocycles. The van der Waals surface area contributed by atoms with Crippen molar-refractivity contribution in [2.24, 2.45) is 0 Å². The maximum atomic E-state index is 12.8. The molecule has 0 radical (unpaired) electrons. The molecule has 2 aromatic heterocycles. The van der Waals surface area contributed by atoms with Crippen molar-refractivity contribution in [1.82, 2.24) is 9.97 Å². The molecular formula is C14H11BrF3N3O3S. The molecule has 0 atom stereocenters. The molecule has 0 unspecified atom stereocenters. The number of carboxylic acid groups (broad SMARTS) is 1. The van der Waals surface area contributed by atoms with Gasteiger partial charge in [0.25, 0.3) is 5.88 Å². The van der Waals surface area contributed by atoms with Gasteiger partial charge < -0.3 is 9.94 Å². The van der Waals surface area contributed by atoms with E-state index in [1.54, 1.807) is 6.07 Å². The minimum atomic E-state index is -4.72. The Bertz CT molecular complexity index is 790. The van der Waals surface area contributed by atoms with Crippen molar-refractivity contribution in [3.05, 3.63) is 40.3 Å². The number of aromatic carboxylic acids is 1. The lowest BCUT2D eigenvalue weighted by Crippen LogP contribution is -2.15. The average Bonchev–Trinajstić information content (AvgIpc) is 2.53. The highest BCUT2D eigenvalue weighted by molar-refractivity contribution is 9.10. The van der Waals surface area contributed by atoms with Crippen LogP contribution in [0.15, 0.2) is 33.9 Å². The molecule has 0 aliphatic rings. The summed E-state index contributed by atoms with van der Waals surface area (Å²) < 4.78 is 39.0. The van der Waals surface area contributed by atoms with Gasteiger partial charge in [0.15, 0.2) is 0 Å². The van der Waals surface area contributed by atoms with Gasteiger partial charge in [0.1, 0.15) is 11.3 Å². The van der Waals surface area contributed by atoms with Crippen molar-refractivity contribution in [1.29, 1.82) is 0 Å². The van der Waals surface area contributed by atoms with Gasteiger partial charge in [0.2, 0.25) is 0 Å². The standard InChI is InChI=1S/C14H11BrF3N3O3S/c1-2-25-10-3-7(15)5-20-12(10)24-21-9-4-11(14(16,17)18)19-6-8(9)13(22)23/h3-6H,2H2,1H3,(H,19,21)(H,22,23). The van der Waals surface area contributed by atoms with E-state index in [9.17, 15) is 18.0 Å². The van der Waals surface area contributed by atoms with Crippen LogP contribution in [0.4, 0.5) is 18.9 Å². The Hall–Kier alpha value is -2.01. The maximum Gasteiger partial charge on any atom is 0.433 e. The first-order valence-electron chi connectivity index (χ1n) is 6.74. The molecule has 2 rings (SSSR count). The van der Waals surface area contributed by atoms with Crippen LogP contribution >= 0.6 is 27.7 Å². The molecular weight excluding hydrogens is 427 g/mol. The number of carboxylic acids is 1. The van der Waals surface area contributed by atoms with Gasteiger partial charge in [-0.1, -0.05) is 6.92 Å². The van der Waals surface area contributed by atoms with E-state index < -0.39 is 23.4 Å². The predicted octanol–water partition coefficient (Wildman–Crippen LogP) is 4.47. The number of nitrogens with one attached hydrogen (secondary N) is 1. The zero-order chi connectivity index (χ0) is 18.6. The molecule has 6 nitrogen and oxygen atoms in total. The Morgan fingerprint density at radius 3 is 2.68 bits per heavy atom. The predicted molar refractivity (Wildman–Crippen MR) is 88.8 cm³/mol. The summed E-state index contributed by atoms with van der Waals surface area (Å²) in [5.74, 6) is -0.626. The normalized spacial score (nSPS) is 11.2. The number of hydrogen-bond acceptors (Lipinski definition) is 6. The topological polar surface area (TPSA) is 84.3 Å². The first-order valence-corrected chi connectivity index (χ1v) is 8.52. The van der Waals surface area contributed by atoms with E-state index in [1.165, 1.54) is 18.0 Å². The highest BCUT2D eigenvalue weighted by Crippen LogP contribution is 2.32. The molecule has 0 saturated carbocycles. The number of halogens is 4. The molecule has 0 spiro atoms. The Kier molecular flexibility index (Phi) is 6.11. The van der Waals surface area contributed by atoms with E-state index in [2.05, 4.69) is 31.4 Å². The van der Waals surface area contributed by atoms with E-state index in [1.807, 2.05) is 6.92 Å². The van der Waals surface area contributed by atoms with E-state index >= 15 is 0 Å². The van der Waals surface area contributed by atoms with Crippen LogP contribution in [0.2, 0.25) is 0 Å². The number of hydrogen-bond donors (Lipinski definition) is 2. The fraction of sp³-hybridized carbons (Fsp3) is 0.214. The molecule has 0 aliphatic heterocycles. The number of anilines is 1. The number of carbonyl (C=O) groups is 1. The van der Waals surface area contributed by atoms with E-state index in [4.69, 9.17) is 9.94 Å². The molecule has 0 fully saturated rings. The molecule has 2 N–H and O–H groups in total. The number of nitrogens with zero attached hydrogens (tertiary/aromatic N) is 2. The quantitative estimate of drug-likeness (QED) is 0.509. The number of rotatable bonds is 6. The second-order valence-corrected chi connectivity index (χ2v) is 6.73. The van der Waals surface area contributed by atoms with Gasteiger partial charge in [-0.05, 0) is 33.8 Å². The van der Waals surface area contributed by atoms with Gasteiger partial charge in [-0.3, -0.25) is 4.98 Å². The zero-order valence-corrected chi connectivity index (χ0v) is 15.0. The van der Waals surface area contributed by atoms with Gasteiger partial charge in [-0.25, -0.2) is 15.3 Å². The van der Waals surface area contributed by atoms with Gasteiger partial charge in [-0.15, -0.1) is 11.8 Å². The van der Waals surface area contributed by atoms with Crippen LogP contribution in [0, 0.1) is 0 Å². The lowest BCUT2D eigenvalue weighted by Gasteiger charge is -2.14. The SMILES string of the molecule is CCSc1cc(Br)cnc1ONc1cc(C(F)(F)F)ncc1C(=O)O. The van der Waals surface area contributed by atoms with Gasteiger partial charge in [0, 0.05) is 16.9 Å². The Morgan fingerprint density at radius 1 is 1.36 bits per heavy atom. The first kappa shape index (κ1) is 19.3. The Labute approximate surface area is 152 Å². The van der Waals surface area contributed by atoms with Crippen molar-refractivity contribution < 1.29 is 27.9 Å². The van der Waals surface area contributed by atoms with Crippen LogP contribution in [0.25, 0.3) is 0 Å². The molecule has 0 amide bonds. The van der Waals surface area contributed by atoms with E-state index in [-0.39, 0.29) is 11.6 Å². The zero-order valence-electron chi connectivity index (χ0n) is 12.6. The summed E-state index contributed by atoms with van der Waals surface area (Å²) in [5, 5.41) is 9.09. The van der Waals surface area contributed by atoms with Gasteiger partial charge in [-0.2, -0.15) is 13.2 Å². The van der Waals surface area contributed by atoms with Crippen LogP contribution in [0.3, 0.4) is 0 Å². The molecule has 2 aromatic rings. The lowest BCUT2D eigenvalue weighted by molar-refractivity contribution is -0.141. The van der Waals surface area contributed by atoms with Crippen LogP contribution in [0.1, 0.15) is 23.0 Å². The van der Waals surface area contributed by atoms with Crippen LogP contribution < -0.4 is 10.3 Å². The smallest absolute Gasteiger partial charge is 0.433 e. The Balaban J connectivity index is 2.32. The van der Waals surface area contributed by atoms with Crippen molar-refractivity contribution in [2.75, 3.05) is 11.2 Å². The van der Waals surface area contributed by atoms with E-state index in [0.717, 1.165) is 0 Å². The summed E-state index contributed by atoms with van der Waals surface area (Å²) in [4.78, 5) is 24.2. The molecule has 25 heavy (non-hydrogen) atoms. The summed E-state index contributed by atoms with van der Waals surface area (Å²) in [5.41, 5.74) is 0.144. The number of alkyl halides is 3. The van der Waals surface area contributed by atoms with Crippen molar-refractivity contribution in [3.63, 3.8) is 0 Å². The third kappa shape index (κ3) is 4.98. The molecule has 11 heteroatoms. The second-order valence-electron chi connectivity index (χ2n) is 4.51. The van der Waals surface area contributed by atoms with E-state index in [0.29, 0.717) is 27.4 Å². The average molecular weight is 438 g/mol. The van der Waals surface area contributed by atoms with Gasteiger partial charge >= 0.3 is 12.1 Å².